The molecule has 0 N–H and O–H groups in total. The molecule has 2 saturated heterocycles. The summed E-state index contributed by atoms with van der Waals surface area (Å²) in [5, 5.41) is 4.68. The highest BCUT2D eigenvalue weighted by Gasteiger charge is 2.47. The predicted octanol–water partition coefficient (Wildman–Crippen LogP) is 4.58. The van der Waals surface area contributed by atoms with Crippen LogP contribution in [0.25, 0.3) is 11.8 Å². The highest BCUT2D eigenvalue weighted by molar-refractivity contribution is 7.89. The molecule has 2 aliphatic heterocycles. The average Bonchev–Trinajstić information content (AvgIpc) is 3.34. The zero-order chi connectivity index (χ0) is 29.0. The molecule has 9 heteroatoms. The summed E-state index contributed by atoms with van der Waals surface area (Å²) in [7, 11) is -1.51. The molecular weight excluding hydrogens is 537 g/mol. The number of halogens is 1. The van der Waals surface area contributed by atoms with Gasteiger partial charge in [-0.2, -0.15) is 9.40 Å². The van der Waals surface area contributed by atoms with Crippen LogP contribution in [0.3, 0.4) is 0 Å². The SMILES string of the molecule is CN1CCN(CC23Cc4cnn(-c5ccc(F)cc5)c4C=C2CCN(S(=O)(=O)c2ccc(C(C)(C)C)cc2)C3)CC1. The van der Waals surface area contributed by atoms with Crippen LogP contribution < -0.4 is 0 Å². The second kappa shape index (κ2) is 10.5. The third-order valence-electron chi connectivity index (χ3n) is 9.07. The minimum absolute atomic E-state index is 0.0438. The summed E-state index contributed by atoms with van der Waals surface area (Å²) in [4.78, 5) is 5.20. The van der Waals surface area contributed by atoms with Gasteiger partial charge in [-0.3, -0.25) is 4.90 Å². The Kier molecular flexibility index (Phi) is 7.21. The fourth-order valence-electron chi connectivity index (χ4n) is 6.55. The maximum absolute atomic E-state index is 14.0. The first-order chi connectivity index (χ1) is 19.4. The Morgan fingerprint density at radius 3 is 2.29 bits per heavy atom. The first-order valence-corrected chi connectivity index (χ1v) is 15.9. The first kappa shape index (κ1) is 28.3. The molecule has 1 aromatic heterocycles. The van der Waals surface area contributed by atoms with E-state index in [0.717, 1.165) is 61.7 Å². The number of hydrogen-bond acceptors (Lipinski definition) is 5. The number of likely N-dealkylation sites (N-methyl/N-ethyl adjacent to an activating group) is 1. The zero-order valence-corrected chi connectivity index (χ0v) is 25.3. The van der Waals surface area contributed by atoms with E-state index in [0.29, 0.717) is 24.4 Å². The molecule has 3 heterocycles. The third kappa shape index (κ3) is 5.41. The van der Waals surface area contributed by atoms with Gasteiger partial charge in [0.15, 0.2) is 0 Å². The van der Waals surface area contributed by atoms with Gasteiger partial charge in [0.1, 0.15) is 5.82 Å². The standard InChI is InChI=1S/C32H40FN5O2S/c1-31(2,3)25-5-11-29(12-6-25)41(39,40)37-14-13-26-19-30-24(21-34-38(30)28-9-7-27(33)8-10-28)20-32(26,23-37)22-36-17-15-35(4)16-18-36/h5-12,19,21H,13-18,20,22-23H2,1-4H3. The summed E-state index contributed by atoms with van der Waals surface area (Å²) in [6.45, 7) is 12.0. The number of hydrogen-bond donors (Lipinski definition) is 0. The van der Waals surface area contributed by atoms with Crippen LogP contribution in [-0.4, -0.2) is 85.2 Å². The van der Waals surface area contributed by atoms with Crippen molar-refractivity contribution in [2.45, 2.75) is 43.9 Å². The molecule has 41 heavy (non-hydrogen) atoms. The molecule has 6 rings (SSSR count). The normalized spacial score (nSPS) is 22.7. The highest BCUT2D eigenvalue weighted by Crippen LogP contribution is 2.46. The molecule has 2 fully saturated rings. The topological polar surface area (TPSA) is 61.7 Å². The second-order valence-electron chi connectivity index (χ2n) is 13.0. The van der Waals surface area contributed by atoms with Crippen LogP contribution in [0.4, 0.5) is 4.39 Å². The minimum atomic E-state index is -3.66. The van der Waals surface area contributed by atoms with Crippen molar-refractivity contribution in [3.63, 3.8) is 0 Å². The lowest BCUT2D eigenvalue weighted by atomic mass is 9.68. The van der Waals surface area contributed by atoms with Gasteiger partial charge in [-0.05, 0) is 78.9 Å². The molecule has 1 unspecified atom stereocenters. The molecule has 1 atom stereocenters. The van der Waals surface area contributed by atoms with Gasteiger partial charge in [0, 0.05) is 51.2 Å². The van der Waals surface area contributed by atoms with Gasteiger partial charge in [0.2, 0.25) is 10.0 Å². The largest absolute Gasteiger partial charge is 0.304 e. The van der Waals surface area contributed by atoms with E-state index in [1.54, 1.807) is 28.6 Å². The van der Waals surface area contributed by atoms with Crippen LogP contribution in [0.2, 0.25) is 0 Å². The number of fused-ring (bicyclic) bond motifs is 2. The monoisotopic (exact) mass is 577 g/mol. The first-order valence-electron chi connectivity index (χ1n) is 14.5. The van der Waals surface area contributed by atoms with Crippen molar-refractivity contribution in [3.05, 3.63) is 82.9 Å². The molecule has 7 nitrogen and oxygen atoms in total. The number of aromatic nitrogens is 2. The van der Waals surface area contributed by atoms with Crippen molar-refractivity contribution < 1.29 is 12.8 Å². The number of piperazine rings is 1. The maximum Gasteiger partial charge on any atom is 0.243 e. The third-order valence-corrected chi connectivity index (χ3v) is 10.9. The lowest BCUT2D eigenvalue weighted by Gasteiger charge is -2.49. The Morgan fingerprint density at radius 1 is 0.951 bits per heavy atom. The Morgan fingerprint density at radius 2 is 1.63 bits per heavy atom. The number of benzene rings is 2. The quantitative estimate of drug-likeness (QED) is 0.445. The molecule has 3 aliphatic rings. The van der Waals surface area contributed by atoms with Gasteiger partial charge in [-0.15, -0.1) is 0 Å². The van der Waals surface area contributed by atoms with Crippen LogP contribution in [0.15, 0.2) is 65.2 Å². The molecule has 3 aromatic rings. The van der Waals surface area contributed by atoms with E-state index < -0.39 is 10.0 Å². The molecule has 218 valence electrons. The van der Waals surface area contributed by atoms with Crippen LogP contribution in [0.1, 0.15) is 44.0 Å². The van der Waals surface area contributed by atoms with Crippen molar-refractivity contribution >= 4 is 16.1 Å². The van der Waals surface area contributed by atoms with Gasteiger partial charge in [-0.25, -0.2) is 17.5 Å². The Labute approximate surface area is 243 Å². The second-order valence-corrected chi connectivity index (χ2v) is 15.0. The lowest BCUT2D eigenvalue weighted by molar-refractivity contribution is 0.0885. The van der Waals surface area contributed by atoms with E-state index in [9.17, 15) is 12.8 Å². The Bertz CT molecular complexity index is 1550. The van der Waals surface area contributed by atoms with Crippen molar-refractivity contribution in [2.75, 3.05) is 52.9 Å². The van der Waals surface area contributed by atoms with Gasteiger partial charge in [0.25, 0.3) is 0 Å². The van der Waals surface area contributed by atoms with Gasteiger partial charge < -0.3 is 4.90 Å². The summed E-state index contributed by atoms with van der Waals surface area (Å²) in [6, 6.07) is 13.8. The van der Waals surface area contributed by atoms with Crippen LogP contribution >= 0.6 is 0 Å². The number of sulfonamides is 1. The summed E-state index contributed by atoms with van der Waals surface area (Å²) in [6.07, 6.45) is 5.52. The predicted molar refractivity (Wildman–Crippen MR) is 160 cm³/mol. The fraction of sp³-hybridized carbons (Fsp3) is 0.469. The van der Waals surface area contributed by atoms with E-state index in [-0.39, 0.29) is 16.6 Å². The smallest absolute Gasteiger partial charge is 0.243 e. The van der Waals surface area contributed by atoms with Crippen molar-refractivity contribution in [2.24, 2.45) is 5.41 Å². The van der Waals surface area contributed by atoms with E-state index in [1.165, 1.54) is 17.7 Å². The van der Waals surface area contributed by atoms with Gasteiger partial charge in [0.05, 0.1) is 22.5 Å². The molecule has 0 saturated carbocycles. The molecule has 0 bridgehead atoms. The maximum atomic E-state index is 14.0. The molecular formula is C32H40FN5O2S. The summed E-state index contributed by atoms with van der Waals surface area (Å²) < 4.78 is 45.2. The number of rotatable bonds is 5. The summed E-state index contributed by atoms with van der Waals surface area (Å²) in [5.74, 6) is -0.277. The van der Waals surface area contributed by atoms with Crippen molar-refractivity contribution in [3.8, 4) is 5.69 Å². The van der Waals surface area contributed by atoms with E-state index in [4.69, 9.17) is 0 Å². The Hall–Kier alpha value is -2.85. The summed E-state index contributed by atoms with van der Waals surface area (Å²) >= 11 is 0. The van der Waals surface area contributed by atoms with Crippen molar-refractivity contribution in [1.82, 2.24) is 23.9 Å². The van der Waals surface area contributed by atoms with Crippen LogP contribution in [0, 0.1) is 11.2 Å². The van der Waals surface area contributed by atoms with Gasteiger partial charge in [-0.1, -0.05) is 38.5 Å². The fourth-order valence-corrected chi connectivity index (χ4v) is 8.07. The molecule has 0 amide bonds. The van der Waals surface area contributed by atoms with E-state index >= 15 is 0 Å². The van der Waals surface area contributed by atoms with Crippen LogP contribution in [-0.2, 0) is 21.9 Å². The van der Waals surface area contributed by atoms with Crippen molar-refractivity contribution in [1.29, 1.82) is 0 Å². The number of nitrogens with zero attached hydrogens (tertiary/aromatic N) is 5. The molecule has 0 spiro atoms. The van der Waals surface area contributed by atoms with Gasteiger partial charge >= 0.3 is 0 Å². The molecule has 2 aromatic carbocycles. The zero-order valence-electron chi connectivity index (χ0n) is 24.5. The van der Waals surface area contributed by atoms with E-state index in [1.807, 2.05) is 23.0 Å². The molecule has 1 aliphatic carbocycles. The Balaban J connectivity index is 1.34. The summed E-state index contributed by atoms with van der Waals surface area (Å²) in [5.41, 5.74) is 4.94. The van der Waals surface area contributed by atoms with Crippen LogP contribution in [0.5, 0.6) is 0 Å². The minimum Gasteiger partial charge on any atom is -0.304 e. The average molecular weight is 578 g/mol. The number of piperidine rings is 1. The lowest BCUT2D eigenvalue weighted by Crippen LogP contribution is -2.56. The highest BCUT2D eigenvalue weighted by atomic mass is 32.2. The molecule has 0 radical (unpaired) electrons. The van der Waals surface area contributed by atoms with E-state index in [2.05, 4.69) is 48.8 Å².